The number of aromatic nitrogens is 1. The number of para-hydroxylation sites is 2. The molecule has 0 aliphatic rings. The average Bonchev–Trinajstić information content (AvgIpc) is 2.98. The second-order valence-corrected chi connectivity index (χ2v) is 5.42. The SMILES string of the molecule is C#CCn1cc(/C=C(/C#N)C(=O)Nc2ccccc2)c2ccccc21. The first kappa shape index (κ1) is 16.1. The summed E-state index contributed by atoms with van der Waals surface area (Å²) in [5.74, 6) is 2.17. The van der Waals surface area contributed by atoms with Crippen LogP contribution in [0.15, 0.2) is 66.4 Å². The number of hydrogen-bond acceptors (Lipinski definition) is 2. The second-order valence-electron chi connectivity index (χ2n) is 5.42. The minimum absolute atomic E-state index is 0.0347. The number of carbonyl (C=O) groups is 1. The van der Waals surface area contributed by atoms with Gasteiger partial charge in [0.05, 0.1) is 6.54 Å². The van der Waals surface area contributed by atoms with E-state index in [1.165, 1.54) is 0 Å². The van der Waals surface area contributed by atoms with Gasteiger partial charge >= 0.3 is 0 Å². The Morgan fingerprint density at radius 1 is 1.16 bits per heavy atom. The zero-order valence-electron chi connectivity index (χ0n) is 13.4. The van der Waals surface area contributed by atoms with Crippen LogP contribution in [-0.2, 0) is 11.3 Å². The molecule has 1 amide bonds. The van der Waals surface area contributed by atoms with Crippen molar-refractivity contribution in [3.63, 3.8) is 0 Å². The molecule has 0 aliphatic heterocycles. The summed E-state index contributed by atoms with van der Waals surface area (Å²) in [6.07, 6.45) is 8.87. The summed E-state index contributed by atoms with van der Waals surface area (Å²) in [4.78, 5) is 12.4. The van der Waals surface area contributed by atoms with Gasteiger partial charge in [-0.3, -0.25) is 4.79 Å². The van der Waals surface area contributed by atoms with Crippen LogP contribution >= 0.6 is 0 Å². The van der Waals surface area contributed by atoms with E-state index in [0.29, 0.717) is 12.2 Å². The first-order valence-corrected chi connectivity index (χ1v) is 7.72. The summed E-state index contributed by atoms with van der Waals surface area (Å²) >= 11 is 0. The number of rotatable bonds is 4. The standard InChI is InChI=1S/C21H15N3O/c1-2-12-24-15-17(19-10-6-7-11-20(19)24)13-16(14-22)21(25)23-18-8-4-3-5-9-18/h1,3-11,13,15H,12H2,(H,23,25)/b16-13-. The highest BCUT2D eigenvalue weighted by molar-refractivity contribution is 6.10. The molecule has 0 aliphatic carbocycles. The third-order valence-electron chi connectivity index (χ3n) is 3.78. The lowest BCUT2D eigenvalue weighted by atomic mass is 10.1. The van der Waals surface area contributed by atoms with Gasteiger partial charge < -0.3 is 9.88 Å². The Kier molecular flexibility index (Phi) is 4.65. The van der Waals surface area contributed by atoms with E-state index >= 15 is 0 Å². The van der Waals surface area contributed by atoms with E-state index in [1.54, 1.807) is 18.2 Å². The van der Waals surface area contributed by atoms with Gasteiger partial charge in [0.2, 0.25) is 0 Å². The molecule has 0 atom stereocenters. The smallest absolute Gasteiger partial charge is 0.266 e. The molecule has 0 unspecified atom stereocenters. The van der Waals surface area contributed by atoms with Gasteiger partial charge in [-0.05, 0) is 24.3 Å². The van der Waals surface area contributed by atoms with Gasteiger partial charge in [0.1, 0.15) is 11.6 Å². The Bertz CT molecular complexity index is 1030. The molecule has 0 radical (unpaired) electrons. The molecule has 120 valence electrons. The zero-order chi connectivity index (χ0) is 17.6. The second kappa shape index (κ2) is 7.21. The summed E-state index contributed by atoms with van der Waals surface area (Å²) in [6, 6.07) is 18.8. The average molecular weight is 325 g/mol. The third kappa shape index (κ3) is 3.44. The predicted molar refractivity (Wildman–Crippen MR) is 99.4 cm³/mol. The minimum Gasteiger partial charge on any atom is -0.335 e. The molecule has 1 heterocycles. The Hall–Kier alpha value is -3.76. The van der Waals surface area contributed by atoms with Crippen molar-refractivity contribution in [1.82, 2.24) is 4.57 Å². The molecular weight excluding hydrogens is 310 g/mol. The van der Waals surface area contributed by atoms with Crippen LogP contribution in [0.1, 0.15) is 5.56 Å². The van der Waals surface area contributed by atoms with Crippen LogP contribution in [0.5, 0.6) is 0 Å². The maximum absolute atomic E-state index is 12.4. The fourth-order valence-corrected chi connectivity index (χ4v) is 2.64. The number of nitriles is 1. The fraction of sp³-hybridized carbons (Fsp3) is 0.0476. The summed E-state index contributed by atoms with van der Waals surface area (Å²) in [5.41, 5.74) is 2.42. The number of carbonyl (C=O) groups excluding carboxylic acids is 1. The summed E-state index contributed by atoms with van der Waals surface area (Å²) in [6.45, 7) is 0.423. The molecule has 0 saturated carbocycles. The predicted octanol–water partition coefficient (Wildman–Crippen LogP) is 3.82. The molecule has 25 heavy (non-hydrogen) atoms. The molecule has 0 spiro atoms. The maximum atomic E-state index is 12.4. The van der Waals surface area contributed by atoms with Crippen LogP contribution in [-0.4, -0.2) is 10.5 Å². The number of nitrogens with zero attached hydrogens (tertiary/aromatic N) is 2. The van der Waals surface area contributed by atoms with Gasteiger partial charge in [-0.2, -0.15) is 5.26 Å². The van der Waals surface area contributed by atoms with Crippen LogP contribution in [0.2, 0.25) is 0 Å². The lowest BCUT2D eigenvalue weighted by Crippen LogP contribution is -2.13. The normalized spacial score (nSPS) is 10.9. The summed E-state index contributed by atoms with van der Waals surface area (Å²) < 4.78 is 1.92. The van der Waals surface area contributed by atoms with Gasteiger partial charge in [-0.1, -0.05) is 42.3 Å². The number of benzene rings is 2. The highest BCUT2D eigenvalue weighted by Gasteiger charge is 2.12. The van der Waals surface area contributed by atoms with Crippen LogP contribution < -0.4 is 5.32 Å². The Morgan fingerprint density at radius 3 is 2.60 bits per heavy atom. The number of fused-ring (bicyclic) bond motifs is 1. The van der Waals surface area contributed by atoms with Gasteiger partial charge in [0.15, 0.2) is 0 Å². The van der Waals surface area contributed by atoms with E-state index in [0.717, 1.165) is 16.5 Å². The van der Waals surface area contributed by atoms with E-state index in [4.69, 9.17) is 6.42 Å². The van der Waals surface area contributed by atoms with Crippen LogP contribution in [0.4, 0.5) is 5.69 Å². The Balaban J connectivity index is 1.98. The largest absolute Gasteiger partial charge is 0.335 e. The summed E-state index contributed by atoms with van der Waals surface area (Å²) in [7, 11) is 0. The van der Waals surface area contributed by atoms with Crippen molar-refractivity contribution in [3.8, 4) is 18.4 Å². The van der Waals surface area contributed by atoms with Gasteiger partial charge in [-0.15, -0.1) is 6.42 Å². The van der Waals surface area contributed by atoms with Crippen molar-refractivity contribution < 1.29 is 4.79 Å². The van der Waals surface area contributed by atoms with Crippen molar-refractivity contribution in [2.45, 2.75) is 6.54 Å². The number of nitrogens with one attached hydrogen (secondary N) is 1. The topological polar surface area (TPSA) is 57.8 Å². The molecule has 0 bridgehead atoms. The Morgan fingerprint density at radius 2 is 1.88 bits per heavy atom. The van der Waals surface area contributed by atoms with Gasteiger partial charge in [-0.25, -0.2) is 0 Å². The molecular formula is C21H15N3O. The number of hydrogen-bond donors (Lipinski definition) is 1. The molecule has 4 nitrogen and oxygen atoms in total. The third-order valence-corrected chi connectivity index (χ3v) is 3.78. The molecule has 0 saturated heterocycles. The van der Waals surface area contributed by atoms with E-state index in [-0.39, 0.29) is 5.57 Å². The van der Waals surface area contributed by atoms with E-state index in [9.17, 15) is 10.1 Å². The molecule has 1 aromatic heterocycles. The molecule has 4 heteroatoms. The first-order valence-electron chi connectivity index (χ1n) is 7.72. The molecule has 3 rings (SSSR count). The molecule has 1 N–H and O–H groups in total. The van der Waals surface area contributed by atoms with E-state index in [1.807, 2.05) is 59.3 Å². The van der Waals surface area contributed by atoms with Gasteiger partial charge in [0, 0.05) is 28.4 Å². The van der Waals surface area contributed by atoms with Crippen molar-refractivity contribution in [2.75, 3.05) is 5.32 Å². The Labute approximate surface area is 146 Å². The van der Waals surface area contributed by atoms with E-state index in [2.05, 4.69) is 11.2 Å². The number of terminal acetylenes is 1. The van der Waals surface area contributed by atoms with Crippen LogP contribution in [0.3, 0.4) is 0 Å². The minimum atomic E-state index is -0.442. The van der Waals surface area contributed by atoms with Crippen LogP contribution in [0.25, 0.3) is 17.0 Å². The number of anilines is 1. The van der Waals surface area contributed by atoms with Crippen molar-refractivity contribution in [1.29, 1.82) is 5.26 Å². The lowest BCUT2D eigenvalue weighted by Gasteiger charge is -2.03. The van der Waals surface area contributed by atoms with Crippen molar-refractivity contribution >= 4 is 28.6 Å². The summed E-state index contributed by atoms with van der Waals surface area (Å²) in [5, 5.41) is 13.1. The fourth-order valence-electron chi connectivity index (χ4n) is 2.64. The van der Waals surface area contributed by atoms with Gasteiger partial charge in [0.25, 0.3) is 5.91 Å². The van der Waals surface area contributed by atoms with E-state index < -0.39 is 5.91 Å². The van der Waals surface area contributed by atoms with Crippen molar-refractivity contribution in [2.24, 2.45) is 0 Å². The maximum Gasteiger partial charge on any atom is 0.266 e. The quantitative estimate of drug-likeness (QED) is 0.450. The highest BCUT2D eigenvalue weighted by Crippen LogP contribution is 2.23. The molecule has 3 aromatic rings. The number of amides is 1. The lowest BCUT2D eigenvalue weighted by molar-refractivity contribution is -0.112. The molecule has 2 aromatic carbocycles. The monoisotopic (exact) mass is 325 g/mol. The molecule has 0 fully saturated rings. The first-order chi connectivity index (χ1) is 12.2. The van der Waals surface area contributed by atoms with Crippen molar-refractivity contribution in [3.05, 3.63) is 71.9 Å². The highest BCUT2D eigenvalue weighted by atomic mass is 16.1. The van der Waals surface area contributed by atoms with Crippen LogP contribution in [0, 0.1) is 23.7 Å². The zero-order valence-corrected chi connectivity index (χ0v) is 13.4.